The molecular formula is C25H22FN3O3S. The van der Waals surface area contributed by atoms with E-state index in [0.29, 0.717) is 36.2 Å². The number of hydrogen-bond donors (Lipinski definition) is 1. The summed E-state index contributed by atoms with van der Waals surface area (Å²) >= 11 is 0. The summed E-state index contributed by atoms with van der Waals surface area (Å²) in [7, 11) is -3.97. The highest BCUT2D eigenvalue weighted by Gasteiger charge is 2.32. The van der Waals surface area contributed by atoms with E-state index in [1.807, 2.05) is 12.1 Å². The molecule has 3 aromatic carbocycles. The van der Waals surface area contributed by atoms with Gasteiger partial charge in [-0.3, -0.25) is 4.79 Å². The lowest BCUT2D eigenvalue weighted by Crippen LogP contribution is -2.34. The Labute approximate surface area is 192 Å². The van der Waals surface area contributed by atoms with Gasteiger partial charge in [0.1, 0.15) is 5.82 Å². The van der Waals surface area contributed by atoms with Crippen LogP contribution in [0.15, 0.2) is 77.7 Å². The first-order valence-corrected chi connectivity index (χ1v) is 12.0. The van der Waals surface area contributed by atoms with Crippen molar-refractivity contribution in [2.24, 2.45) is 5.92 Å². The Hall–Kier alpha value is -3.54. The van der Waals surface area contributed by atoms with Crippen LogP contribution in [0.3, 0.4) is 0 Å². The number of hydrogen-bond acceptors (Lipinski definition) is 4. The molecule has 0 aromatic heterocycles. The second-order valence-corrected chi connectivity index (χ2v) is 9.68. The van der Waals surface area contributed by atoms with Crippen molar-refractivity contribution in [2.45, 2.75) is 17.9 Å². The van der Waals surface area contributed by atoms with Crippen LogP contribution in [0.1, 0.15) is 17.5 Å². The van der Waals surface area contributed by atoms with Gasteiger partial charge in [0.2, 0.25) is 15.9 Å². The summed E-state index contributed by atoms with van der Waals surface area (Å²) in [6.45, 7) is 0.810. The Morgan fingerprint density at radius 3 is 2.58 bits per heavy atom. The Morgan fingerprint density at radius 1 is 1.06 bits per heavy atom. The number of amides is 1. The summed E-state index contributed by atoms with van der Waals surface area (Å²) < 4.78 is 42.5. The van der Waals surface area contributed by atoms with E-state index in [1.54, 1.807) is 47.4 Å². The summed E-state index contributed by atoms with van der Waals surface area (Å²) in [6.07, 6.45) is 0.514. The Morgan fingerprint density at radius 2 is 1.85 bits per heavy atom. The third kappa shape index (κ3) is 5.11. The number of sulfonamides is 1. The van der Waals surface area contributed by atoms with E-state index in [1.165, 1.54) is 12.1 Å². The van der Waals surface area contributed by atoms with E-state index in [4.69, 9.17) is 5.26 Å². The van der Waals surface area contributed by atoms with Gasteiger partial charge in [0, 0.05) is 25.2 Å². The minimum atomic E-state index is -3.97. The van der Waals surface area contributed by atoms with Crippen molar-refractivity contribution >= 4 is 15.9 Å². The largest absolute Gasteiger partial charge is 0.338 e. The summed E-state index contributed by atoms with van der Waals surface area (Å²) in [6, 6.07) is 21.8. The van der Waals surface area contributed by atoms with Gasteiger partial charge in [0.05, 0.1) is 22.4 Å². The lowest BCUT2D eigenvalue weighted by Gasteiger charge is -2.17. The number of nitrogens with zero attached hydrogens (tertiary/aromatic N) is 2. The number of carbonyl (C=O) groups is 1. The summed E-state index contributed by atoms with van der Waals surface area (Å²) in [5, 5.41) is 9.03. The molecule has 33 heavy (non-hydrogen) atoms. The van der Waals surface area contributed by atoms with Gasteiger partial charge in [-0.25, -0.2) is 17.5 Å². The number of likely N-dealkylation sites (tertiary alicyclic amines) is 1. The second kappa shape index (κ2) is 9.53. The molecule has 0 saturated carbocycles. The number of halogens is 1. The van der Waals surface area contributed by atoms with E-state index in [2.05, 4.69) is 10.8 Å². The van der Waals surface area contributed by atoms with Crippen molar-refractivity contribution in [3.05, 3.63) is 89.7 Å². The second-order valence-electron chi connectivity index (χ2n) is 7.92. The SMILES string of the molecule is N#Cc1cccc(CN2CC[C@@H](CNS(=O)(=O)c3ccc(-c4ccccc4)c(F)c3)C2=O)c1. The van der Waals surface area contributed by atoms with Gasteiger partial charge < -0.3 is 4.90 Å². The van der Waals surface area contributed by atoms with Crippen molar-refractivity contribution in [3.8, 4) is 17.2 Å². The van der Waals surface area contributed by atoms with E-state index < -0.39 is 21.8 Å². The maximum Gasteiger partial charge on any atom is 0.240 e. The van der Waals surface area contributed by atoms with Gasteiger partial charge in [-0.05, 0) is 41.8 Å². The molecule has 1 heterocycles. The highest BCUT2D eigenvalue weighted by atomic mass is 32.2. The molecule has 168 valence electrons. The monoisotopic (exact) mass is 463 g/mol. The molecule has 1 saturated heterocycles. The maximum absolute atomic E-state index is 14.6. The summed E-state index contributed by atoms with van der Waals surface area (Å²) in [5.41, 5.74) is 2.34. The maximum atomic E-state index is 14.6. The van der Waals surface area contributed by atoms with Gasteiger partial charge in [0.15, 0.2) is 0 Å². The van der Waals surface area contributed by atoms with E-state index in [-0.39, 0.29) is 17.3 Å². The first kappa shape index (κ1) is 22.6. The first-order chi connectivity index (χ1) is 15.9. The average molecular weight is 464 g/mol. The molecule has 1 aliphatic rings. The molecule has 6 nitrogen and oxygen atoms in total. The molecule has 1 N–H and O–H groups in total. The highest BCUT2D eigenvalue weighted by Crippen LogP contribution is 2.25. The van der Waals surface area contributed by atoms with Crippen molar-refractivity contribution in [2.75, 3.05) is 13.1 Å². The number of rotatable bonds is 7. The minimum Gasteiger partial charge on any atom is -0.338 e. The Bertz CT molecular complexity index is 1320. The summed E-state index contributed by atoms with van der Waals surface area (Å²) in [5.74, 6) is -1.27. The Balaban J connectivity index is 1.40. The van der Waals surface area contributed by atoms with Gasteiger partial charge in [-0.2, -0.15) is 5.26 Å². The van der Waals surface area contributed by atoms with Crippen LogP contribution in [0.25, 0.3) is 11.1 Å². The zero-order valence-electron chi connectivity index (χ0n) is 17.7. The predicted octanol–water partition coefficient (Wildman–Crippen LogP) is 3.69. The van der Waals surface area contributed by atoms with Crippen molar-refractivity contribution < 1.29 is 17.6 Å². The van der Waals surface area contributed by atoms with Crippen LogP contribution in [-0.4, -0.2) is 32.3 Å². The fourth-order valence-corrected chi connectivity index (χ4v) is 5.01. The number of benzene rings is 3. The van der Waals surface area contributed by atoms with Crippen LogP contribution in [0.5, 0.6) is 0 Å². The van der Waals surface area contributed by atoms with Crippen LogP contribution in [-0.2, 0) is 21.4 Å². The zero-order valence-corrected chi connectivity index (χ0v) is 18.6. The van der Waals surface area contributed by atoms with Gasteiger partial charge in [-0.15, -0.1) is 0 Å². The molecule has 4 rings (SSSR count). The predicted molar refractivity (Wildman–Crippen MR) is 122 cm³/mol. The number of nitrogens with one attached hydrogen (secondary N) is 1. The van der Waals surface area contributed by atoms with Crippen LogP contribution >= 0.6 is 0 Å². The van der Waals surface area contributed by atoms with Crippen LogP contribution < -0.4 is 4.72 Å². The number of nitriles is 1. The molecule has 1 aliphatic heterocycles. The standard InChI is InChI=1S/C25H22FN3O3S/c26-24-14-22(9-10-23(24)20-7-2-1-3-8-20)33(31,32)28-16-21-11-12-29(25(21)30)17-19-6-4-5-18(13-19)15-27/h1-10,13-14,21,28H,11-12,16-17H2/t21-/m0/s1. The summed E-state index contributed by atoms with van der Waals surface area (Å²) in [4.78, 5) is 14.2. The molecule has 0 radical (unpaired) electrons. The van der Waals surface area contributed by atoms with Crippen LogP contribution in [0.2, 0.25) is 0 Å². The van der Waals surface area contributed by atoms with Gasteiger partial charge >= 0.3 is 0 Å². The van der Waals surface area contributed by atoms with Gasteiger partial charge in [-0.1, -0.05) is 48.5 Å². The first-order valence-electron chi connectivity index (χ1n) is 10.5. The highest BCUT2D eigenvalue weighted by molar-refractivity contribution is 7.89. The molecule has 8 heteroatoms. The molecule has 1 fully saturated rings. The van der Waals surface area contributed by atoms with Crippen LogP contribution in [0.4, 0.5) is 4.39 Å². The van der Waals surface area contributed by atoms with Crippen LogP contribution in [0, 0.1) is 23.1 Å². The zero-order chi connectivity index (χ0) is 23.4. The quantitative estimate of drug-likeness (QED) is 0.579. The lowest BCUT2D eigenvalue weighted by atomic mass is 10.1. The molecule has 1 amide bonds. The third-order valence-electron chi connectivity index (χ3n) is 5.69. The minimum absolute atomic E-state index is 0.0576. The molecule has 3 aromatic rings. The molecule has 0 spiro atoms. The van der Waals surface area contributed by atoms with Crippen molar-refractivity contribution in [1.29, 1.82) is 5.26 Å². The fraction of sp³-hybridized carbons (Fsp3) is 0.200. The topological polar surface area (TPSA) is 90.3 Å². The normalized spacial score (nSPS) is 16.1. The van der Waals surface area contributed by atoms with Crippen molar-refractivity contribution in [3.63, 3.8) is 0 Å². The molecule has 0 aliphatic carbocycles. The van der Waals surface area contributed by atoms with Crippen molar-refractivity contribution in [1.82, 2.24) is 9.62 Å². The molecular weight excluding hydrogens is 441 g/mol. The lowest BCUT2D eigenvalue weighted by molar-refractivity contribution is -0.131. The third-order valence-corrected chi connectivity index (χ3v) is 7.11. The van der Waals surface area contributed by atoms with Gasteiger partial charge in [0.25, 0.3) is 0 Å². The Kier molecular flexibility index (Phi) is 6.54. The van der Waals surface area contributed by atoms with E-state index >= 15 is 0 Å². The van der Waals surface area contributed by atoms with E-state index in [0.717, 1.165) is 11.6 Å². The fourth-order valence-electron chi connectivity index (χ4n) is 3.92. The molecule has 0 bridgehead atoms. The molecule has 1 atom stereocenters. The number of carbonyl (C=O) groups excluding carboxylic acids is 1. The molecule has 0 unspecified atom stereocenters. The average Bonchev–Trinajstić information content (AvgIpc) is 3.17. The van der Waals surface area contributed by atoms with E-state index in [9.17, 15) is 17.6 Å². The smallest absolute Gasteiger partial charge is 0.240 e.